The first-order valence-electron chi connectivity index (χ1n) is 5.08. The molecule has 0 fully saturated rings. The summed E-state index contributed by atoms with van der Waals surface area (Å²) < 4.78 is 12.9. The zero-order chi connectivity index (χ0) is 11.5. The highest BCUT2D eigenvalue weighted by Crippen LogP contribution is 2.11. The van der Waals surface area contributed by atoms with E-state index in [0.29, 0.717) is 11.1 Å². The average Bonchev–Trinajstić information content (AvgIpc) is 2.64. The molecule has 0 radical (unpaired) electrons. The molecule has 0 spiro atoms. The van der Waals surface area contributed by atoms with E-state index >= 15 is 0 Å². The normalized spacial score (nSPS) is 10.4. The average molecular weight is 217 g/mol. The van der Waals surface area contributed by atoms with Crippen molar-refractivity contribution in [2.24, 2.45) is 0 Å². The van der Waals surface area contributed by atoms with Gasteiger partial charge < -0.3 is 4.98 Å². The molecule has 1 aromatic heterocycles. The number of hydrogen-bond donors (Lipinski definition) is 1. The second-order valence-electron chi connectivity index (χ2n) is 3.75. The largest absolute Gasteiger partial charge is 0.365 e. The van der Waals surface area contributed by atoms with Crippen LogP contribution >= 0.6 is 0 Å². The Morgan fingerprint density at radius 3 is 2.81 bits per heavy atom. The van der Waals surface area contributed by atoms with Crippen LogP contribution in [0.5, 0.6) is 0 Å². The van der Waals surface area contributed by atoms with Crippen molar-refractivity contribution in [3.63, 3.8) is 0 Å². The quantitative estimate of drug-likeness (QED) is 0.788. The monoisotopic (exact) mass is 217 g/mol. The smallest absolute Gasteiger partial charge is 0.169 e. The van der Waals surface area contributed by atoms with Crippen molar-refractivity contribution in [1.29, 1.82) is 0 Å². The highest BCUT2D eigenvalue weighted by atomic mass is 19.1. The third-order valence-corrected chi connectivity index (χ3v) is 2.51. The van der Waals surface area contributed by atoms with Crippen molar-refractivity contribution in [2.75, 3.05) is 0 Å². The number of hydrogen-bond acceptors (Lipinski definition) is 1. The molecule has 3 heteroatoms. The summed E-state index contributed by atoms with van der Waals surface area (Å²) >= 11 is 0. The molecule has 2 aromatic rings. The van der Waals surface area contributed by atoms with Crippen LogP contribution < -0.4 is 0 Å². The fourth-order valence-corrected chi connectivity index (χ4v) is 1.68. The Bertz CT molecular complexity index is 516. The van der Waals surface area contributed by atoms with E-state index in [1.807, 2.05) is 6.92 Å². The number of halogens is 1. The van der Waals surface area contributed by atoms with Gasteiger partial charge in [0.15, 0.2) is 5.78 Å². The van der Waals surface area contributed by atoms with Crippen molar-refractivity contribution < 1.29 is 9.18 Å². The molecule has 0 aliphatic carbocycles. The Kier molecular flexibility index (Phi) is 2.86. The molecule has 0 saturated heterocycles. The van der Waals surface area contributed by atoms with E-state index < -0.39 is 0 Å². The lowest BCUT2D eigenvalue weighted by Gasteiger charge is -2.01. The molecule has 16 heavy (non-hydrogen) atoms. The van der Waals surface area contributed by atoms with Gasteiger partial charge in [-0.25, -0.2) is 4.39 Å². The van der Waals surface area contributed by atoms with Gasteiger partial charge in [-0.15, -0.1) is 0 Å². The Labute approximate surface area is 93.1 Å². The SMILES string of the molecule is Cc1[nH]ccc1C(=O)Cc1cccc(F)c1. The van der Waals surface area contributed by atoms with Crippen LogP contribution in [0.2, 0.25) is 0 Å². The predicted molar refractivity (Wildman–Crippen MR) is 60.0 cm³/mol. The summed E-state index contributed by atoms with van der Waals surface area (Å²) in [6, 6.07) is 7.87. The van der Waals surface area contributed by atoms with Crippen LogP contribution in [0.25, 0.3) is 0 Å². The van der Waals surface area contributed by atoms with Gasteiger partial charge in [-0.05, 0) is 30.7 Å². The lowest BCUT2D eigenvalue weighted by atomic mass is 10.0. The number of carbonyl (C=O) groups excluding carboxylic acids is 1. The van der Waals surface area contributed by atoms with Gasteiger partial charge in [0.2, 0.25) is 0 Å². The summed E-state index contributed by atoms with van der Waals surface area (Å²) in [6.07, 6.45) is 1.96. The fourth-order valence-electron chi connectivity index (χ4n) is 1.68. The number of benzene rings is 1. The van der Waals surface area contributed by atoms with Gasteiger partial charge in [-0.2, -0.15) is 0 Å². The first-order valence-corrected chi connectivity index (χ1v) is 5.08. The summed E-state index contributed by atoms with van der Waals surface area (Å²) in [7, 11) is 0. The molecule has 0 aliphatic rings. The Hall–Kier alpha value is -1.90. The summed E-state index contributed by atoms with van der Waals surface area (Å²) in [6.45, 7) is 1.85. The van der Waals surface area contributed by atoms with Gasteiger partial charge >= 0.3 is 0 Å². The van der Waals surface area contributed by atoms with Crippen LogP contribution in [0.3, 0.4) is 0 Å². The van der Waals surface area contributed by atoms with E-state index in [0.717, 1.165) is 5.69 Å². The highest BCUT2D eigenvalue weighted by molar-refractivity contribution is 5.98. The first-order chi connectivity index (χ1) is 7.66. The van der Waals surface area contributed by atoms with E-state index in [1.54, 1.807) is 24.4 Å². The van der Waals surface area contributed by atoms with Crippen LogP contribution in [0.15, 0.2) is 36.5 Å². The molecule has 2 rings (SSSR count). The first kappa shape index (κ1) is 10.6. The highest BCUT2D eigenvalue weighted by Gasteiger charge is 2.10. The molecule has 82 valence electrons. The minimum Gasteiger partial charge on any atom is -0.365 e. The minimum atomic E-state index is -0.309. The molecule has 0 unspecified atom stereocenters. The van der Waals surface area contributed by atoms with E-state index in [9.17, 15) is 9.18 Å². The van der Waals surface area contributed by atoms with Crippen molar-refractivity contribution >= 4 is 5.78 Å². The molecular weight excluding hydrogens is 205 g/mol. The van der Waals surface area contributed by atoms with Crippen molar-refractivity contribution in [2.45, 2.75) is 13.3 Å². The number of Topliss-reactive ketones (excluding diaryl/α,β-unsaturated/α-hetero) is 1. The fraction of sp³-hybridized carbons (Fsp3) is 0.154. The molecule has 1 N–H and O–H groups in total. The van der Waals surface area contributed by atoms with Crippen LogP contribution in [0, 0.1) is 12.7 Å². The third kappa shape index (κ3) is 2.19. The third-order valence-electron chi connectivity index (χ3n) is 2.51. The number of H-pyrrole nitrogens is 1. The van der Waals surface area contributed by atoms with E-state index in [-0.39, 0.29) is 18.0 Å². The maximum absolute atomic E-state index is 12.9. The van der Waals surface area contributed by atoms with Crippen molar-refractivity contribution in [3.05, 3.63) is 59.2 Å². The van der Waals surface area contributed by atoms with E-state index in [1.165, 1.54) is 12.1 Å². The van der Waals surface area contributed by atoms with Gasteiger partial charge in [-0.1, -0.05) is 12.1 Å². The van der Waals surface area contributed by atoms with Gasteiger partial charge in [0.1, 0.15) is 5.82 Å². The van der Waals surface area contributed by atoms with E-state index in [2.05, 4.69) is 4.98 Å². The van der Waals surface area contributed by atoms with Gasteiger partial charge in [-0.3, -0.25) is 4.79 Å². The second kappa shape index (κ2) is 4.31. The number of aromatic amines is 1. The second-order valence-corrected chi connectivity index (χ2v) is 3.75. The number of ketones is 1. The topological polar surface area (TPSA) is 32.9 Å². The van der Waals surface area contributed by atoms with Crippen molar-refractivity contribution in [1.82, 2.24) is 4.98 Å². The molecule has 0 aliphatic heterocycles. The van der Waals surface area contributed by atoms with Crippen LogP contribution in [-0.4, -0.2) is 10.8 Å². The summed E-state index contributed by atoms with van der Waals surface area (Å²) in [5.41, 5.74) is 2.22. The molecule has 0 saturated carbocycles. The molecular formula is C13H12FNO. The summed E-state index contributed by atoms with van der Waals surface area (Å²) in [5.74, 6) is -0.305. The van der Waals surface area contributed by atoms with Crippen LogP contribution in [-0.2, 0) is 6.42 Å². The maximum Gasteiger partial charge on any atom is 0.169 e. The predicted octanol–water partition coefficient (Wildman–Crippen LogP) is 2.89. The number of aromatic nitrogens is 1. The lowest BCUT2D eigenvalue weighted by molar-refractivity contribution is 0.0992. The van der Waals surface area contributed by atoms with Crippen molar-refractivity contribution in [3.8, 4) is 0 Å². The number of carbonyl (C=O) groups is 1. The van der Waals surface area contributed by atoms with E-state index in [4.69, 9.17) is 0 Å². The number of nitrogens with one attached hydrogen (secondary N) is 1. The Balaban J connectivity index is 2.17. The van der Waals surface area contributed by atoms with Crippen LogP contribution in [0.1, 0.15) is 21.6 Å². The summed E-state index contributed by atoms with van der Waals surface area (Å²) in [5, 5.41) is 0. The van der Waals surface area contributed by atoms with Gasteiger partial charge in [0.05, 0.1) is 0 Å². The number of aryl methyl sites for hydroxylation is 1. The zero-order valence-electron chi connectivity index (χ0n) is 8.96. The zero-order valence-corrected chi connectivity index (χ0v) is 8.96. The van der Waals surface area contributed by atoms with Gasteiger partial charge in [0, 0.05) is 23.9 Å². The molecule has 1 heterocycles. The molecule has 0 bridgehead atoms. The molecule has 2 nitrogen and oxygen atoms in total. The Morgan fingerprint density at radius 1 is 1.38 bits per heavy atom. The lowest BCUT2D eigenvalue weighted by Crippen LogP contribution is -2.04. The number of rotatable bonds is 3. The van der Waals surface area contributed by atoms with Crippen LogP contribution in [0.4, 0.5) is 4.39 Å². The minimum absolute atomic E-state index is 0.00403. The molecule has 0 atom stereocenters. The van der Waals surface area contributed by atoms with Gasteiger partial charge in [0.25, 0.3) is 0 Å². The summed E-state index contributed by atoms with van der Waals surface area (Å²) in [4.78, 5) is 14.8. The maximum atomic E-state index is 12.9. The standard InChI is InChI=1S/C13H12FNO/c1-9-12(5-6-15-9)13(16)8-10-3-2-4-11(14)7-10/h2-7,15H,8H2,1H3. The molecule has 1 aromatic carbocycles. The molecule has 0 amide bonds. The Morgan fingerprint density at radius 2 is 2.19 bits per heavy atom.